The minimum Gasteiger partial charge on any atom is -0.444 e. The number of anilines is 2. The number of rotatable bonds is 12. The predicted molar refractivity (Wildman–Crippen MR) is 211 cm³/mol. The summed E-state index contributed by atoms with van der Waals surface area (Å²) in [5.74, 6) is -0.906. The van der Waals surface area contributed by atoms with Crippen molar-refractivity contribution in [2.45, 2.75) is 76.7 Å². The smallest absolute Gasteiger partial charge is 0.407 e. The van der Waals surface area contributed by atoms with Gasteiger partial charge in [0.25, 0.3) is 0 Å². The fourth-order valence-corrected chi connectivity index (χ4v) is 9.02. The summed E-state index contributed by atoms with van der Waals surface area (Å²) < 4.78 is 39.2. The number of carbonyl (C=O) groups excluding carboxylic acids is 4. The number of hydrogen-bond acceptors (Lipinski definition) is 9. The van der Waals surface area contributed by atoms with Gasteiger partial charge in [-0.05, 0) is 118 Å². The topological polar surface area (TPSA) is 160 Å². The van der Waals surface area contributed by atoms with Crippen LogP contribution < -0.4 is 16.0 Å². The Morgan fingerprint density at radius 1 is 0.964 bits per heavy atom. The molecule has 0 bridgehead atoms. The largest absolute Gasteiger partial charge is 0.444 e. The van der Waals surface area contributed by atoms with Gasteiger partial charge in [-0.25, -0.2) is 13.2 Å². The van der Waals surface area contributed by atoms with Gasteiger partial charge in [-0.1, -0.05) is 30.3 Å². The number of morpholine rings is 1. The summed E-state index contributed by atoms with van der Waals surface area (Å²) in [4.78, 5) is 52.5. The summed E-state index contributed by atoms with van der Waals surface area (Å²) in [6.45, 7) is 9.41. The van der Waals surface area contributed by atoms with Gasteiger partial charge in [0.15, 0.2) is 5.78 Å². The van der Waals surface area contributed by atoms with E-state index in [1.165, 1.54) is 4.31 Å². The summed E-state index contributed by atoms with van der Waals surface area (Å²) in [6, 6.07) is 18.0. The third-order valence-electron chi connectivity index (χ3n) is 10.6. The number of ketones is 2. The quantitative estimate of drug-likeness (QED) is 0.190. The first-order valence-corrected chi connectivity index (χ1v) is 20.6. The summed E-state index contributed by atoms with van der Waals surface area (Å²) in [5.41, 5.74) is 4.52. The highest BCUT2D eigenvalue weighted by molar-refractivity contribution is 7.89. The first-order chi connectivity index (χ1) is 26.2. The second-order valence-corrected chi connectivity index (χ2v) is 17.8. The Labute approximate surface area is 323 Å². The predicted octanol–water partition coefficient (Wildman–Crippen LogP) is 6.38. The van der Waals surface area contributed by atoms with E-state index in [1.54, 1.807) is 30.3 Å². The lowest BCUT2D eigenvalue weighted by molar-refractivity contribution is -0.129. The van der Waals surface area contributed by atoms with Crippen LogP contribution in [-0.2, 0) is 35.5 Å². The molecule has 13 heteroatoms. The molecule has 1 atom stereocenters. The summed E-state index contributed by atoms with van der Waals surface area (Å²) in [7, 11) is -3.71. The van der Waals surface area contributed by atoms with Crippen LogP contribution in [0.3, 0.4) is 0 Å². The standard InChI is InChI=1S/C42H52N4O8S/c1-27-8-14-34(55(51,52)46-16-18-53-19-17-46)24-36(27)31-7-5-6-29(20-31)21-32(40(49)45-33-13-15-35-37(23-33)43-26-39(35)48)22-38(47)30-11-9-28(10-12-30)25-44-41(50)54-42(2,3)4/h5-8,13-15,20,23-24,28,30,32,43H,9-12,16-19,21-22,25-26H2,1-4H3,(H,44,50)(H,45,49)/t28?,30?,32-/m1/s1. The van der Waals surface area contributed by atoms with Crippen LogP contribution in [0.5, 0.6) is 0 Å². The number of carbonyl (C=O) groups is 4. The zero-order valence-electron chi connectivity index (χ0n) is 32.1. The van der Waals surface area contributed by atoms with Gasteiger partial charge in [-0.2, -0.15) is 4.31 Å². The van der Waals surface area contributed by atoms with Crippen molar-refractivity contribution >= 4 is 45.0 Å². The van der Waals surface area contributed by atoms with E-state index >= 15 is 0 Å². The van der Waals surface area contributed by atoms with E-state index in [1.807, 2.05) is 58.0 Å². The zero-order chi connectivity index (χ0) is 39.3. The monoisotopic (exact) mass is 772 g/mol. The molecule has 1 aliphatic carbocycles. The molecule has 55 heavy (non-hydrogen) atoms. The van der Waals surface area contributed by atoms with E-state index in [0.717, 1.165) is 35.1 Å². The van der Waals surface area contributed by atoms with Crippen LogP contribution in [0.2, 0.25) is 0 Å². The van der Waals surface area contributed by atoms with Crippen LogP contribution >= 0.6 is 0 Å². The third-order valence-corrected chi connectivity index (χ3v) is 12.5. The summed E-state index contributed by atoms with van der Waals surface area (Å²) in [6.07, 6.45) is 2.81. The number of nitrogens with one attached hydrogen (secondary N) is 3. The maximum atomic E-state index is 14.0. The number of fused-ring (bicyclic) bond motifs is 1. The number of Topliss-reactive ketones (excluding diaryl/α,β-unsaturated/α-hetero) is 2. The van der Waals surface area contributed by atoms with Gasteiger partial charge < -0.3 is 25.4 Å². The average molecular weight is 773 g/mol. The van der Waals surface area contributed by atoms with E-state index in [9.17, 15) is 27.6 Å². The molecule has 1 saturated heterocycles. The number of hydrogen-bond donors (Lipinski definition) is 3. The number of sulfonamides is 1. The molecule has 6 rings (SSSR count). The molecular formula is C42H52N4O8S. The molecule has 0 aromatic heterocycles. The maximum absolute atomic E-state index is 14.0. The second kappa shape index (κ2) is 17.1. The SMILES string of the molecule is Cc1ccc(S(=O)(=O)N2CCOCC2)cc1-c1cccc(C[C@H](CC(=O)C2CCC(CNC(=O)OC(C)(C)C)CC2)C(=O)Nc2ccc3c(c2)NCC3=O)c1. The molecule has 3 aromatic rings. The third kappa shape index (κ3) is 10.2. The van der Waals surface area contributed by atoms with Gasteiger partial charge in [0.2, 0.25) is 15.9 Å². The van der Waals surface area contributed by atoms with E-state index in [4.69, 9.17) is 9.47 Å². The Morgan fingerprint density at radius 3 is 2.44 bits per heavy atom. The Balaban J connectivity index is 1.18. The summed E-state index contributed by atoms with van der Waals surface area (Å²) in [5, 5.41) is 8.92. The van der Waals surface area contributed by atoms with Gasteiger partial charge in [-0.15, -0.1) is 0 Å². The first kappa shape index (κ1) is 40.1. The van der Waals surface area contributed by atoms with Crippen molar-refractivity contribution in [1.29, 1.82) is 0 Å². The fraction of sp³-hybridized carbons (Fsp3) is 0.476. The Bertz CT molecular complexity index is 2030. The highest BCUT2D eigenvalue weighted by Crippen LogP contribution is 2.33. The van der Waals surface area contributed by atoms with Crippen molar-refractivity contribution in [2.75, 3.05) is 50.0 Å². The Morgan fingerprint density at radius 2 is 1.71 bits per heavy atom. The molecule has 2 fully saturated rings. The number of benzene rings is 3. The number of ether oxygens (including phenoxy) is 2. The van der Waals surface area contributed by atoms with Crippen molar-refractivity contribution < 1.29 is 37.1 Å². The zero-order valence-corrected chi connectivity index (χ0v) is 32.9. The van der Waals surface area contributed by atoms with Crippen LogP contribution in [-0.4, -0.2) is 81.3 Å². The van der Waals surface area contributed by atoms with Gasteiger partial charge >= 0.3 is 6.09 Å². The molecule has 0 spiro atoms. The lowest BCUT2D eigenvalue weighted by atomic mass is 9.77. The van der Waals surface area contributed by atoms with Crippen LogP contribution in [0.1, 0.15) is 74.4 Å². The highest BCUT2D eigenvalue weighted by atomic mass is 32.2. The number of alkyl carbamates (subject to hydrolysis) is 1. The molecule has 1 saturated carbocycles. The molecule has 3 aromatic carbocycles. The second-order valence-electron chi connectivity index (χ2n) is 15.9. The fourth-order valence-electron chi connectivity index (χ4n) is 7.58. The van der Waals surface area contributed by atoms with Crippen molar-refractivity contribution in [2.24, 2.45) is 17.8 Å². The lowest BCUT2D eigenvalue weighted by Gasteiger charge is -2.29. The molecule has 2 amide bonds. The van der Waals surface area contributed by atoms with E-state index in [0.29, 0.717) is 62.6 Å². The van der Waals surface area contributed by atoms with E-state index in [2.05, 4.69) is 16.0 Å². The van der Waals surface area contributed by atoms with Gasteiger partial charge in [-0.3, -0.25) is 14.4 Å². The van der Waals surface area contributed by atoms with Crippen molar-refractivity contribution in [3.8, 4) is 11.1 Å². The van der Waals surface area contributed by atoms with Crippen LogP contribution in [0.25, 0.3) is 11.1 Å². The normalized spacial score (nSPS) is 19.5. The number of amides is 2. The lowest BCUT2D eigenvalue weighted by Crippen LogP contribution is -2.40. The molecule has 12 nitrogen and oxygen atoms in total. The van der Waals surface area contributed by atoms with Crippen molar-refractivity contribution in [3.05, 3.63) is 77.4 Å². The molecule has 0 radical (unpaired) electrons. The van der Waals surface area contributed by atoms with Gasteiger partial charge in [0.05, 0.1) is 24.7 Å². The van der Waals surface area contributed by atoms with Crippen LogP contribution in [0, 0.1) is 24.7 Å². The summed E-state index contributed by atoms with van der Waals surface area (Å²) >= 11 is 0. The molecule has 3 aliphatic rings. The molecule has 2 aliphatic heterocycles. The highest BCUT2D eigenvalue weighted by Gasteiger charge is 2.32. The maximum Gasteiger partial charge on any atom is 0.407 e. The van der Waals surface area contributed by atoms with Crippen LogP contribution in [0.4, 0.5) is 16.2 Å². The molecule has 294 valence electrons. The van der Waals surface area contributed by atoms with Gasteiger partial charge in [0.1, 0.15) is 11.4 Å². The molecule has 3 N–H and O–H groups in total. The minimum absolute atomic E-state index is 0.00829. The number of nitrogens with zero attached hydrogens (tertiary/aromatic N) is 1. The first-order valence-electron chi connectivity index (χ1n) is 19.2. The molecular weight excluding hydrogens is 721 g/mol. The van der Waals surface area contributed by atoms with Gasteiger partial charge in [0, 0.05) is 54.8 Å². The van der Waals surface area contributed by atoms with Crippen LogP contribution in [0.15, 0.2) is 65.6 Å². The van der Waals surface area contributed by atoms with Crippen molar-refractivity contribution in [1.82, 2.24) is 9.62 Å². The Kier molecular flexibility index (Phi) is 12.4. The Hall–Kier alpha value is -4.59. The minimum atomic E-state index is -3.71. The number of aryl methyl sites for hydroxylation is 1. The average Bonchev–Trinajstić information content (AvgIpc) is 3.53. The van der Waals surface area contributed by atoms with Crippen molar-refractivity contribution in [3.63, 3.8) is 0 Å². The molecule has 0 unspecified atom stereocenters. The van der Waals surface area contributed by atoms with E-state index in [-0.39, 0.29) is 53.6 Å². The van der Waals surface area contributed by atoms with E-state index < -0.39 is 27.6 Å². The molecule has 2 heterocycles.